The maximum absolute atomic E-state index is 6.28. The van der Waals surface area contributed by atoms with Gasteiger partial charge in [-0.2, -0.15) is 13.8 Å². The molecule has 0 bridgehead atoms. The fourth-order valence-corrected chi connectivity index (χ4v) is 3.42. The number of hydrogen-bond donors (Lipinski definition) is 1. The average Bonchev–Trinajstić information content (AvgIpc) is 3.05. The SMILES string of the molecule is CCn1nc(C)cc1CNc1c(Cl)cc(Cl)c2nsnc12. The Balaban J connectivity index is 1.93. The maximum Gasteiger partial charge on any atom is 0.130 e. The van der Waals surface area contributed by atoms with E-state index in [0.717, 1.165) is 35.3 Å². The summed E-state index contributed by atoms with van der Waals surface area (Å²) in [5, 5.41) is 8.81. The molecule has 21 heavy (non-hydrogen) atoms. The van der Waals surface area contributed by atoms with Crippen LogP contribution in [-0.2, 0) is 13.1 Å². The average molecular weight is 342 g/mol. The molecule has 0 amide bonds. The molecule has 1 aromatic carbocycles. The van der Waals surface area contributed by atoms with Crippen LogP contribution in [0.1, 0.15) is 18.3 Å². The van der Waals surface area contributed by atoms with Gasteiger partial charge in [-0.15, -0.1) is 0 Å². The number of nitrogens with zero attached hydrogens (tertiary/aromatic N) is 4. The second-order valence-corrected chi connectivity index (χ2v) is 5.97. The molecule has 0 saturated carbocycles. The van der Waals surface area contributed by atoms with Crippen molar-refractivity contribution in [3.8, 4) is 0 Å². The highest BCUT2D eigenvalue weighted by molar-refractivity contribution is 7.00. The predicted molar refractivity (Wildman–Crippen MR) is 87.4 cm³/mol. The summed E-state index contributed by atoms with van der Waals surface area (Å²) in [5.74, 6) is 0. The lowest BCUT2D eigenvalue weighted by molar-refractivity contribution is 0.623. The summed E-state index contributed by atoms with van der Waals surface area (Å²) >= 11 is 13.5. The molecule has 8 heteroatoms. The molecule has 0 aliphatic rings. The van der Waals surface area contributed by atoms with Crippen molar-refractivity contribution < 1.29 is 0 Å². The molecule has 3 rings (SSSR count). The van der Waals surface area contributed by atoms with Gasteiger partial charge in [0.25, 0.3) is 0 Å². The molecule has 0 spiro atoms. The quantitative estimate of drug-likeness (QED) is 0.774. The lowest BCUT2D eigenvalue weighted by atomic mass is 10.2. The van der Waals surface area contributed by atoms with E-state index in [2.05, 4.69) is 32.2 Å². The van der Waals surface area contributed by atoms with Crippen molar-refractivity contribution >= 4 is 51.7 Å². The number of fused-ring (bicyclic) bond motifs is 1. The normalized spacial score (nSPS) is 11.2. The highest BCUT2D eigenvalue weighted by Gasteiger charge is 2.14. The van der Waals surface area contributed by atoms with E-state index in [0.29, 0.717) is 27.6 Å². The van der Waals surface area contributed by atoms with E-state index in [9.17, 15) is 0 Å². The van der Waals surface area contributed by atoms with Gasteiger partial charge in [-0.05, 0) is 26.0 Å². The van der Waals surface area contributed by atoms with Crippen LogP contribution in [0.5, 0.6) is 0 Å². The Kier molecular flexibility index (Phi) is 4.01. The third-order valence-electron chi connectivity index (χ3n) is 3.18. The van der Waals surface area contributed by atoms with Crippen molar-refractivity contribution in [3.05, 3.63) is 33.6 Å². The molecule has 0 atom stereocenters. The molecule has 0 fully saturated rings. The van der Waals surface area contributed by atoms with E-state index < -0.39 is 0 Å². The van der Waals surface area contributed by atoms with E-state index in [-0.39, 0.29) is 0 Å². The van der Waals surface area contributed by atoms with Gasteiger partial charge in [0.05, 0.1) is 45.4 Å². The Morgan fingerprint density at radius 3 is 2.71 bits per heavy atom. The Labute approximate surface area is 136 Å². The number of rotatable bonds is 4. The zero-order chi connectivity index (χ0) is 15.0. The van der Waals surface area contributed by atoms with Crippen LogP contribution in [0.15, 0.2) is 12.1 Å². The second-order valence-electron chi connectivity index (χ2n) is 4.62. The van der Waals surface area contributed by atoms with E-state index in [1.807, 2.05) is 11.6 Å². The highest BCUT2D eigenvalue weighted by atomic mass is 35.5. The van der Waals surface area contributed by atoms with Gasteiger partial charge in [0.1, 0.15) is 11.0 Å². The first-order valence-electron chi connectivity index (χ1n) is 6.47. The molecular formula is C13H13Cl2N5S. The second kappa shape index (κ2) is 5.79. The monoisotopic (exact) mass is 341 g/mol. The molecule has 2 heterocycles. The number of benzene rings is 1. The van der Waals surface area contributed by atoms with Gasteiger partial charge in [0.2, 0.25) is 0 Å². The Morgan fingerprint density at radius 2 is 1.95 bits per heavy atom. The molecule has 0 radical (unpaired) electrons. The van der Waals surface area contributed by atoms with Crippen molar-refractivity contribution in [2.45, 2.75) is 26.9 Å². The minimum atomic E-state index is 0.517. The van der Waals surface area contributed by atoms with Gasteiger partial charge >= 0.3 is 0 Å². The molecule has 3 aromatic rings. The Bertz CT molecular complexity index is 795. The molecule has 5 nitrogen and oxygen atoms in total. The lowest BCUT2D eigenvalue weighted by Gasteiger charge is -2.10. The number of hydrogen-bond acceptors (Lipinski definition) is 5. The van der Waals surface area contributed by atoms with Crippen molar-refractivity contribution in [2.24, 2.45) is 0 Å². The van der Waals surface area contributed by atoms with Crippen LogP contribution in [0.2, 0.25) is 10.0 Å². The minimum absolute atomic E-state index is 0.517. The number of aromatic nitrogens is 4. The van der Waals surface area contributed by atoms with Crippen LogP contribution < -0.4 is 5.32 Å². The fourth-order valence-electron chi connectivity index (χ4n) is 2.24. The summed E-state index contributed by atoms with van der Waals surface area (Å²) in [6, 6.07) is 3.74. The van der Waals surface area contributed by atoms with Crippen molar-refractivity contribution in [2.75, 3.05) is 5.32 Å². The number of aryl methyl sites for hydroxylation is 2. The number of halogens is 2. The van der Waals surface area contributed by atoms with Gasteiger partial charge < -0.3 is 5.32 Å². The smallest absolute Gasteiger partial charge is 0.130 e. The zero-order valence-corrected chi connectivity index (χ0v) is 13.9. The molecule has 1 N–H and O–H groups in total. The summed E-state index contributed by atoms with van der Waals surface area (Å²) in [4.78, 5) is 0. The summed E-state index contributed by atoms with van der Waals surface area (Å²) in [5.41, 5.74) is 4.23. The molecule has 0 saturated heterocycles. The molecular weight excluding hydrogens is 329 g/mol. The van der Waals surface area contributed by atoms with Crippen molar-refractivity contribution in [3.63, 3.8) is 0 Å². The highest BCUT2D eigenvalue weighted by Crippen LogP contribution is 2.35. The summed E-state index contributed by atoms with van der Waals surface area (Å²) in [6.07, 6.45) is 0. The summed E-state index contributed by atoms with van der Waals surface area (Å²) in [6.45, 7) is 5.48. The zero-order valence-electron chi connectivity index (χ0n) is 11.5. The van der Waals surface area contributed by atoms with Gasteiger partial charge in [-0.1, -0.05) is 23.2 Å². The van der Waals surface area contributed by atoms with Crippen LogP contribution in [0.3, 0.4) is 0 Å². The lowest BCUT2D eigenvalue weighted by Crippen LogP contribution is -2.08. The van der Waals surface area contributed by atoms with Crippen LogP contribution in [-0.4, -0.2) is 18.5 Å². The Morgan fingerprint density at radius 1 is 1.19 bits per heavy atom. The van der Waals surface area contributed by atoms with Crippen LogP contribution >= 0.6 is 34.9 Å². The van der Waals surface area contributed by atoms with Crippen molar-refractivity contribution in [1.29, 1.82) is 0 Å². The minimum Gasteiger partial charge on any atom is -0.376 e. The topological polar surface area (TPSA) is 55.6 Å². The van der Waals surface area contributed by atoms with Gasteiger partial charge in [-0.3, -0.25) is 4.68 Å². The Hall–Kier alpha value is -1.37. The molecule has 110 valence electrons. The van der Waals surface area contributed by atoms with E-state index >= 15 is 0 Å². The number of anilines is 1. The fraction of sp³-hybridized carbons (Fsp3) is 0.308. The standard InChI is InChI=1S/C13H13Cl2N5S/c1-3-20-8(4-7(2)17-20)6-16-11-9(14)5-10(15)12-13(11)19-21-18-12/h4-5,16H,3,6H2,1-2H3. The van der Waals surface area contributed by atoms with E-state index in [1.165, 1.54) is 0 Å². The van der Waals surface area contributed by atoms with Crippen LogP contribution in [0, 0.1) is 6.92 Å². The molecule has 0 unspecified atom stereocenters. The van der Waals surface area contributed by atoms with Gasteiger partial charge in [0, 0.05) is 6.54 Å². The van der Waals surface area contributed by atoms with Crippen LogP contribution in [0.4, 0.5) is 5.69 Å². The predicted octanol–water partition coefficient (Wildman–Crippen LogP) is 4.14. The van der Waals surface area contributed by atoms with Gasteiger partial charge in [0.15, 0.2) is 0 Å². The third kappa shape index (κ3) is 2.71. The first-order chi connectivity index (χ1) is 10.1. The van der Waals surface area contributed by atoms with Gasteiger partial charge in [-0.25, -0.2) is 0 Å². The first-order valence-corrected chi connectivity index (χ1v) is 7.96. The molecule has 0 aliphatic heterocycles. The summed E-state index contributed by atoms with van der Waals surface area (Å²) in [7, 11) is 0. The van der Waals surface area contributed by atoms with E-state index in [4.69, 9.17) is 23.2 Å². The van der Waals surface area contributed by atoms with Crippen molar-refractivity contribution in [1.82, 2.24) is 18.5 Å². The summed E-state index contributed by atoms with van der Waals surface area (Å²) < 4.78 is 10.4. The number of nitrogens with one attached hydrogen (secondary N) is 1. The van der Waals surface area contributed by atoms with Crippen LogP contribution in [0.25, 0.3) is 11.0 Å². The first kappa shape index (κ1) is 14.6. The molecule has 0 aliphatic carbocycles. The largest absolute Gasteiger partial charge is 0.376 e. The maximum atomic E-state index is 6.28. The molecule has 2 aromatic heterocycles. The third-order valence-corrected chi connectivity index (χ3v) is 4.29. The van der Waals surface area contributed by atoms with E-state index in [1.54, 1.807) is 6.07 Å².